The highest BCUT2D eigenvalue weighted by Crippen LogP contribution is 2.14. The van der Waals surface area contributed by atoms with Gasteiger partial charge in [-0.25, -0.2) is 9.97 Å². The van der Waals surface area contributed by atoms with Gasteiger partial charge >= 0.3 is 0 Å². The Morgan fingerprint density at radius 2 is 2.21 bits per heavy atom. The van der Waals surface area contributed by atoms with Gasteiger partial charge in [0.05, 0.1) is 6.54 Å². The highest BCUT2D eigenvalue weighted by atomic mass is 32.1. The third-order valence-electron chi connectivity index (χ3n) is 2.78. The fourth-order valence-electron chi connectivity index (χ4n) is 1.71. The normalized spacial score (nSPS) is 10.9. The second-order valence-corrected chi connectivity index (χ2v) is 5.71. The molecule has 0 atom stereocenters. The van der Waals surface area contributed by atoms with Crippen molar-refractivity contribution in [3.63, 3.8) is 0 Å². The molecule has 2 aromatic heterocycles. The Hall–Kier alpha value is -1.69. The van der Waals surface area contributed by atoms with Crippen molar-refractivity contribution in [2.75, 3.05) is 5.32 Å². The maximum atomic E-state index is 12.1. The van der Waals surface area contributed by atoms with Crippen LogP contribution in [0.2, 0.25) is 0 Å². The van der Waals surface area contributed by atoms with Crippen LogP contribution in [-0.2, 0) is 13.0 Å². The van der Waals surface area contributed by atoms with Gasteiger partial charge in [-0.05, 0) is 20.3 Å². The molecule has 0 radical (unpaired) electrons. The van der Waals surface area contributed by atoms with E-state index in [9.17, 15) is 4.79 Å². The molecule has 19 heavy (non-hydrogen) atoms. The SMILES string of the molecule is CCc1cnc(CNc2nccn(C(C)C)c2=O)s1. The smallest absolute Gasteiger partial charge is 0.293 e. The van der Waals surface area contributed by atoms with Crippen molar-refractivity contribution in [1.29, 1.82) is 0 Å². The molecule has 0 bridgehead atoms. The molecule has 102 valence electrons. The summed E-state index contributed by atoms with van der Waals surface area (Å²) in [5, 5.41) is 4.04. The van der Waals surface area contributed by atoms with Crippen LogP contribution in [0.15, 0.2) is 23.4 Å². The van der Waals surface area contributed by atoms with Gasteiger partial charge < -0.3 is 9.88 Å². The van der Waals surface area contributed by atoms with E-state index in [-0.39, 0.29) is 11.6 Å². The molecule has 5 nitrogen and oxygen atoms in total. The highest BCUT2D eigenvalue weighted by Gasteiger charge is 2.07. The molecule has 0 fully saturated rings. The minimum atomic E-state index is -0.0928. The van der Waals surface area contributed by atoms with E-state index >= 15 is 0 Å². The molecule has 2 rings (SSSR count). The molecule has 0 unspecified atom stereocenters. The number of rotatable bonds is 5. The minimum Gasteiger partial charge on any atom is -0.359 e. The summed E-state index contributed by atoms with van der Waals surface area (Å²) in [5.74, 6) is 0.379. The zero-order valence-electron chi connectivity index (χ0n) is 11.4. The van der Waals surface area contributed by atoms with Crippen molar-refractivity contribution in [1.82, 2.24) is 14.5 Å². The van der Waals surface area contributed by atoms with Crippen LogP contribution in [0.4, 0.5) is 5.82 Å². The zero-order chi connectivity index (χ0) is 13.8. The maximum absolute atomic E-state index is 12.1. The van der Waals surface area contributed by atoms with Crippen molar-refractivity contribution in [2.24, 2.45) is 0 Å². The number of nitrogens with zero attached hydrogens (tertiary/aromatic N) is 3. The van der Waals surface area contributed by atoms with E-state index in [0.29, 0.717) is 12.4 Å². The number of nitrogens with one attached hydrogen (secondary N) is 1. The Kier molecular flexibility index (Phi) is 4.31. The lowest BCUT2D eigenvalue weighted by molar-refractivity contribution is 0.575. The van der Waals surface area contributed by atoms with Gasteiger partial charge in [0.1, 0.15) is 5.01 Å². The van der Waals surface area contributed by atoms with Crippen molar-refractivity contribution in [3.05, 3.63) is 38.8 Å². The lowest BCUT2D eigenvalue weighted by Gasteiger charge is -2.10. The fourth-order valence-corrected chi connectivity index (χ4v) is 2.51. The predicted molar refractivity (Wildman–Crippen MR) is 77.7 cm³/mol. The van der Waals surface area contributed by atoms with E-state index in [1.54, 1.807) is 28.3 Å². The molecular formula is C13H18N4OS. The van der Waals surface area contributed by atoms with Crippen LogP contribution < -0.4 is 10.9 Å². The zero-order valence-corrected chi connectivity index (χ0v) is 12.2. The molecule has 1 N–H and O–H groups in total. The van der Waals surface area contributed by atoms with Crippen molar-refractivity contribution in [2.45, 2.75) is 39.8 Å². The van der Waals surface area contributed by atoms with Gasteiger partial charge in [0, 0.05) is 29.5 Å². The largest absolute Gasteiger partial charge is 0.359 e. The van der Waals surface area contributed by atoms with Crippen LogP contribution in [0.3, 0.4) is 0 Å². The van der Waals surface area contributed by atoms with Gasteiger partial charge in [-0.3, -0.25) is 4.79 Å². The molecule has 0 amide bonds. The highest BCUT2D eigenvalue weighted by molar-refractivity contribution is 7.11. The van der Waals surface area contributed by atoms with E-state index in [1.165, 1.54) is 4.88 Å². The summed E-state index contributed by atoms with van der Waals surface area (Å²) in [4.78, 5) is 21.8. The summed E-state index contributed by atoms with van der Waals surface area (Å²) < 4.78 is 1.66. The van der Waals surface area contributed by atoms with Crippen LogP contribution in [0, 0.1) is 0 Å². The molecule has 2 heterocycles. The predicted octanol–water partition coefficient (Wildman–Crippen LogP) is 2.46. The summed E-state index contributed by atoms with van der Waals surface area (Å²) >= 11 is 1.66. The van der Waals surface area contributed by atoms with Gasteiger partial charge in [0.15, 0.2) is 5.82 Å². The van der Waals surface area contributed by atoms with Gasteiger partial charge in [0.2, 0.25) is 0 Å². The molecular weight excluding hydrogens is 260 g/mol. The minimum absolute atomic E-state index is 0.0928. The van der Waals surface area contributed by atoms with Crippen molar-refractivity contribution >= 4 is 17.2 Å². The molecule has 0 aliphatic heterocycles. The van der Waals surface area contributed by atoms with E-state index in [1.807, 2.05) is 20.0 Å². The number of hydrogen-bond donors (Lipinski definition) is 1. The van der Waals surface area contributed by atoms with Crippen LogP contribution in [-0.4, -0.2) is 14.5 Å². The molecule has 6 heteroatoms. The first-order valence-corrected chi connectivity index (χ1v) is 7.18. The molecule has 0 aromatic carbocycles. The fraction of sp³-hybridized carbons (Fsp3) is 0.462. The van der Waals surface area contributed by atoms with E-state index < -0.39 is 0 Å². The lowest BCUT2D eigenvalue weighted by atomic mass is 10.4. The Morgan fingerprint density at radius 1 is 1.42 bits per heavy atom. The number of aromatic nitrogens is 3. The Balaban J connectivity index is 2.11. The second kappa shape index (κ2) is 5.97. The first-order valence-electron chi connectivity index (χ1n) is 6.36. The average molecular weight is 278 g/mol. The van der Waals surface area contributed by atoms with Crippen molar-refractivity contribution in [3.8, 4) is 0 Å². The molecule has 0 aliphatic rings. The summed E-state index contributed by atoms with van der Waals surface area (Å²) in [7, 11) is 0. The molecule has 2 aromatic rings. The van der Waals surface area contributed by atoms with Crippen LogP contribution in [0.25, 0.3) is 0 Å². The second-order valence-electron chi connectivity index (χ2n) is 4.51. The lowest BCUT2D eigenvalue weighted by Crippen LogP contribution is -2.25. The molecule has 0 saturated heterocycles. The van der Waals surface area contributed by atoms with Gasteiger partial charge in [-0.1, -0.05) is 6.92 Å². The van der Waals surface area contributed by atoms with Crippen molar-refractivity contribution < 1.29 is 0 Å². The number of aryl methyl sites for hydroxylation is 1. The van der Waals surface area contributed by atoms with E-state index in [0.717, 1.165) is 11.4 Å². The number of anilines is 1. The number of thiazole rings is 1. The van der Waals surface area contributed by atoms with Gasteiger partial charge in [-0.2, -0.15) is 0 Å². The van der Waals surface area contributed by atoms with E-state index in [4.69, 9.17) is 0 Å². The quantitative estimate of drug-likeness (QED) is 0.912. The summed E-state index contributed by atoms with van der Waals surface area (Å²) in [6.07, 6.45) is 6.22. The maximum Gasteiger partial charge on any atom is 0.293 e. The van der Waals surface area contributed by atoms with E-state index in [2.05, 4.69) is 22.2 Å². The third kappa shape index (κ3) is 3.20. The Bertz CT molecular complexity index is 603. The Morgan fingerprint density at radius 3 is 2.84 bits per heavy atom. The monoisotopic (exact) mass is 278 g/mol. The molecule has 0 saturated carbocycles. The van der Waals surface area contributed by atoms with Gasteiger partial charge in [-0.15, -0.1) is 11.3 Å². The standard InChI is InChI=1S/C13H18N4OS/c1-4-10-7-15-11(19-10)8-16-12-13(18)17(9(2)3)6-5-14-12/h5-7,9H,4,8H2,1-3H3,(H,14,16). The third-order valence-corrected chi connectivity index (χ3v) is 3.92. The summed E-state index contributed by atoms with van der Waals surface area (Å²) in [6.45, 7) is 6.58. The van der Waals surface area contributed by atoms with Crippen LogP contribution >= 0.6 is 11.3 Å². The summed E-state index contributed by atoms with van der Waals surface area (Å²) in [6, 6.07) is 0.127. The number of hydrogen-bond acceptors (Lipinski definition) is 5. The molecule has 0 aliphatic carbocycles. The average Bonchev–Trinajstić information content (AvgIpc) is 2.85. The van der Waals surface area contributed by atoms with Crippen LogP contribution in [0.5, 0.6) is 0 Å². The Labute approximate surface area is 116 Å². The summed E-state index contributed by atoms with van der Waals surface area (Å²) in [5.41, 5.74) is -0.0928. The topological polar surface area (TPSA) is 59.8 Å². The van der Waals surface area contributed by atoms with Gasteiger partial charge in [0.25, 0.3) is 5.56 Å². The molecule has 0 spiro atoms. The first-order chi connectivity index (χ1) is 9.11. The first kappa shape index (κ1) is 13.7. The van der Waals surface area contributed by atoms with Crippen LogP contribution in [0.1, 0.15) is 36.7 Å².